The highest BCUT2D eigenvalue weighted by Gasteiger charge is 2.22. The Balaban J connectivity index is 1.69. The number of benzene rings is 3. The van der Waals surface area contributed by atoms with E-state index in [0.29, 0.717) is 22.3 Å². The lowest BCUT2D eigenvalue weighted by molar-refractivity contribution is -0.136. The van der Waals surface area contributed by atoms with Crippen molar-refractivity contribution in [3.63, 3.8) is 0 Å². The van der Waals surface area contributed by atoms with Crippen molar-refractivity contribution in [3.8, 4) is 11.1 Å². The maximum atomic E-state index is 15.1. The van der Waals surface area contributed by atoms with E-state index >= 15 is 4.39 Å². The predicted molar refractivity (Wildman–Crippen MR) is 141 cm³/mol. The first-order valence-electron chi connectivity index (χ1n) is 11.5. The number of aromatic amines is 1. The molecular formula is C29H24ClFN2O4. The molecule has 0 saturated heterocycles. The largest absolute Gasteiger partial charge is 0.481 e. The van der Waals surface area contributed by atoms with E-state index in [1.54, 1.807) is 37.3 Å². The van der Waals surface area contributed by atoms with E-state index in [9.17, 15) is 14.8 Å². The van der Waals surface area contributed by atoms with Gasteiger partial charge in [-0.15, -0.1) is 0 Å². The van der Waals surface area contributed by atoms with Crippen LogP contribution in [0.4, 0.5) is 4.39 Å². The highest BCUT2D eigenvalue weighted by molar-refractivity contribution is 6.30. The van der Waals surface area contributed by atoms with E-state index in [2.05, 4.69) is 10.1 Å². The summed E-state index contributed by atoms with van der Waals surface area (Å²) in [7, 11) is 0. The number of aryl methyl sites for hydroxylation is 1. The molecule has 188 valence electrons. The number of H-pyrrole nitrogens is 1. The van der Waals surface area contributed by atoms with Crippen LogP contribution in [-0.4, -0.2) is 27.0 Å². The molecule has 0 saturated carbocycles. The van der Waals surface area contributed by atoms with Crippen LogP contribution in [-0.2, 0) is 11.2 Å². The molecule has 4 aromatic rings. The molecule has 0 aliphatic carbocycles. The summed E-state index contributed by atoms with van der Waals surface area (Å²) in [6, 6.07) is 20.9. The molecule has 3 aromatic carbocycles. The number of carboxylic acid groups (broad SMARTS) is 1. The summed E-state index contributed by atoms with van der Waals surface area (Å²) in [6.45, 7) is 1.65. The van der Waals surface area contributed by atoms with E-state index in [1.165, 1.54) is 12.3 Å². The number of pyridine rings is 1. The SMILES string of the molecule is Cc1cc(/C(CC(c2ccc(-c3ccc(CC(=O)O)cc3)cc2)c2ccc(Cl)cc2F)=N/O)c[nH]c1=O. The molecule has 3 N–H and O–H groups in total. The van der Waals surface area contributed by atoms with Gasteiger partial charge in [-0.2, -0.15) is 0 Å². The third kappa shape index (κ3) is 6.13. The lowest BCUT2D eigenvalue weighted by Gasteiger charge is -2.20. The third-order valence-electron chi connectivity index (χ3n) is 6.23. The van der Waals surface area contributed by atoms with Gasteiger partial charge in [-0.05, 0) is 52.9 Å². The first-order chi connectivity index (χ1) is 17.7. The molecule has 1 atom stereocenters. The highest BCUT2D eigenvalue weighted by Crippen LogP contribution is 2.34. The smallest absolute Gasteiger partial charge is 0.307 e. The van der Waals surface area contributed by atoms with Crippen LogP contribution in [0.5, 0.6) is 0 Å². The Bertz CT molecular complexity index is 1510. The molecule has 8 heteroatoms. The first-order valence-corrected chi connectivity index (χ1v) is 11.9. The highest BCUT2D eigenvalue weighted by atomic mass is 35.5. The van der Waals surface area contributed by atoms with Crippen LogP contribution in [0.2, 0.25) is 5.02 Å². The number of aromatic nitrogens is 1. The molecule has 1 aromatic heterocycles. The molecule has 0 amide bonds. The number of halogens is 2. The number of carbonyl (C=O) groups is 1. The number of aliphatic carboxylic acids is 1. The van der Waals surface area contributed by atoms with Crippen LogP contribution >= 0.6 is 11.6 Å². The predicted octanol–water partition coefficient (Wildman–Crippen LogP) is 6.17. The summed E-state index contributed by atoms with van der Waals surface area (Å²) in [5.74, 6) is -1.88. The number of hydrogen-bond donors (Lipinski definition) is 3. The number of hydrogen-bond acceptors (Lipinski definition) is 4. The quantitative estimate of drug-likeness (QED) is 0.147. The number of oxime groups is 1. The number of nitrogens with one attached hydrogen (secondary N) is 1. The van der Waals surface area contributed by atoms with Crippen molar-refractivity contribution in [1.29, 1.82) is 0 Å². The summed E-state index contributed by atoms with van der Waals surface area (Å²) in [6.07, 6.45) is 1.58. The zero-order chi connectivity index (χ0) is 26.5. The maximum Gasteiger partial charge on any atom is 0.307 e. The Morgan fingerprint density at radius 1 is 1.03 bits per heavy atom. The van der Waals surface area contributed by atoms with Crippen molar-refractivity contribution < 1.29 is 19.5 Å². The Labute approximate surface area is 217 Å². The summed E-state index contributed by atoms with van der Waals surface area (Å²) in [5.41, 5.74) is 4.74. The Morgan fingerprint density at radius 2 is 1.68 bits per heavy atom. The number of carboxylic acids is 1. The normalized spacial score (nSPS) is 12.4. The van der Waals surface area contributed by atoms with Crippen molar-refractivity contribution >= 4 is 23.3 Å². The topological polar surface area (TPSA) is 103 Å². The minimum absolute atomic E-state index is 0.0445. The van der Waals surface area contributed by atoms with Crippen molar-refractivity contribution in [2.45, 2.75) is 25.7 Å². The van der Waals surface area contributed by atoms with Crippen LogP contribution in [0.25, 0.3) is 11.1 Å². The zero-order valence-corrected chi connectivity index (χ0v) is 20.7. The fourth-order valence-electron chi connectivity index (χ4n) is 4.26. The Morgan fingerprint density at radius 3 is 2.24 bits per heavy atom. The van der Waals surface area contributed by atoms with Crippen LogP contribution in [0.3, 0.4) is 0 Å². The first kappa shape index (κ1) is 25.9. The van der Waals surface area contributed by atoms with Gasteiger partial charge in [0.05, 0.1) is 12.1 Å². The Kier molecular flexibility index (Phi) is 7.84. The zero-order valence-electron chi connectivity index (χ0n) is 19.9. The lowest BCUT2D eigenvalue weighted by atomic mass is 9.84. The van der Waals surface area contributed by atoms with Gasteiger partial charge in [-0.1, -0.05) is 71.4 Å². The molecule has 0 aliphatic rings. The van der Waals surface area contributed by atoms with Crippen molar-refractivity contribution in [3.05, 3.63) is 128 Å². The van der Waals surface area contributed by atoms with Gasteiger partial charge < -0.3 is 15.3 Å². The number of nitrogens with zero attached hydrogens (tertiary/aromatic N) is 1. The van der Waals surface area contributed by atoms with Gasteiger partial charge in [0, 0.05) is 34.7 Å². The summed E-state index contributed by atoms with van der Waals surface area (Å²) >= 11 is 5.99. The monoisotopic (exact) mass is 518 g/mol. The van der Waals surface area contributed by atoms with Crippen LogP contribution < -0.4 is 5.56 Å². The summed E-state index contributed by atoms with van der Waals surface area (Å²) < 4.78 is 15.1. The van der Waals surface area contributed by atoms with E-state index in [0.717, 1.165) is 16.7 Å². The fraction of sp³-hybridized carbons (Fsp3) is 0.138. The Hall–Kier alpha value is -4.23. The van der Waals surface area contributed by atoms with Crippen LogP contribution in [0, 0.1) is 12.7 Å². The van der Waals surface area contributed by atoms with E-state index in [1.807, 2.05) is 36.4 Å². The molecule has 0 fully saturated rings. The molecule has 1 heterocycles. The second kappa shape index (κ2) is 11.2. The summed E-state index contributed by atoms with van der Waals surface area (Å²) in [4.78, 5) is 25.3. The van der Waals surface area contributed by atoms with Crippen molar-refractivity contribution in [1.82, 2.24) is 4.98 Å². The van der Waals surface area contributed by atoms with E-state index < -0.39 is 17.7 Å². The third-order valence-corrected chi connectivity index (χ3v) is 6.47. The fourth-order valence-corrected chi connectivity index (χ4v) is 4.42. The molecule has 0 radical (unpaired) electrons. The van der Waals surface area contributed by atoms with E-state index in [4.69, 9.17) is 16.7 Å². The van der Waals surface area contributed by atoms with Crippen LogP contribution in [0.15, 0.2) is 88.9 Å². The standard InChI is InChI=1S/C29H24ClFN2O4/c1-17-12-22(16-32-29(17)36)27(33-37)15-25(24-11-10-23(30)14-26(24)31)21-8-6-20(7-9-21)19-4-2-18(3-5-19)13-28(34)35/h2-12,14,16,25,37H,13,15H2,1H3,(H,32,36)(H,34,35)/b33-27+. The van der Waals surface area contributed by atoms with E-state index in [-0.39, 0.29) is 29.1 Å². The average Bonchev–Trinajstić information content (AvgIpc) is 2.87. The van der Waals surface area contributed by atoms with Gasteiger partial charge in [0.25, 0.3) is 5.56 Å². The molecule has 0 aliphatic heterocycles. The van der Waals surface area contributed by atoms with Crippen molar-refractivity contribution in [2.24, 2.45) is 5.16 Å². The molecule has 0 spiro atoms. The summed E-state index contributed by atoms with van der Waals surface area (Å²) in [5, 5.41) is 22.5. The van der Waals surface area contributed by atoms with Gasteiger partial charge >= 0.3 is 5.97 Å². The molecule has 0 bridgehead atoms. The van der Waals surface area contributed by atoms with Gasteiger partial charge in [-0.25, -0.2) is 4.39 Å². The van der Waals surface area contributed by atoms with Gasteiger partial charge in [0.1, 0.15) is 5.82 Å². The van der Waals surface area contributed by atoms with Crippen molar-refractivity contribution in [2.75, 3.05) is 0 Å². The lowest BCUT2D eigenvalue weighted by Crippen LogP contribution is -2.15. The average molecular weight is 519 g/mol. The molecule has 1 unspecified atom stereocenters. The van der Waals surface area contributed by atoms with Gasteiger partial charge in [0.15, 0.2) is 0 Å². The number of rotatable bonds is 8. The molecular weight excluding hydrogens is 495 g/mol. The van der Waals surface area contributed by atoms with Crippen LogP contribution in [0.1, 0.15) is 40.2 Å². The minimum atomic E-state index is -0.889. The molecule has 6 nitrogen and oxygen atoms in total. The van der Waals surface area contributed by atoms with Gasteiger partial charge in [-0.3, -0.25) is 9.59 Å². The molecule has 37 heavy (non-hydrogen) atoms. The second-order valence-corrected chi connectivity index (χ2v) is 9.20. The second-order valence-electron chi connectivity index (χ2n) is 8.76. The van der Waals surface area contributed by atoms with Gasteiger partial charge in [0.2, 0.25) is 0 Å². The maximum absolute atomic E-state index is 15.1. The minimum Gasteiger partial charge on any atom is -0.481 e. The molecule has 4 rings (SSSR count).